The Bertz CT molecular complexity index is 1600. The quantitative estimate of drug-likeness (QED) is 0.311. The molecule has 5 aliphatic rings. The first kappa shape index (κ1) is 30.2. The van der Waals surface area contributed by atoms with Crippen molar-refractivity contribution in [2.75, 3.05) is 26.7 Å². The Morgan fingerprint density at radius 1 is 1.11 bits per heavy atom. The number of rotatable bonds is 7. The Kier molecular flexibility index (Phi) is 7.43. The molecule has 0 unspecified atom stereocenters. The van der Waals surface area contributed by atoms with Crippen LogP contribution in [-0.4, -0.2) is 72.2 Å². The first-order chi connectivity index (χ1) is 21.6. The summed E-state index contributed by atoms with van der Waals surface area (Å²) >= 11 is 0. The SMILES string of the molecule is COc1ccc2c3c1O[C@H]1[C@H](N(CC(C)C)C(=O)C#Cc4ccc(C)c(C)c4)CC[C@@]4(OC(C)=O)[C@@H](C2)N(CC2CC2)CC[C@]314. The molecule has 2 aromatic rings. The normalized spacial score (nSPS) is 29.3. The zero-order valence-corrected chi connectivity index (χ0v) is 27.6. The second-order valence-electron chi connectivity index (χ2n) is 14.5. The maximum atomic E-state index is 14.1. The molecule has 3 aliphatic carbocycles. The number of aryl methyl sites for hydroxylation is 2. The maximum absolute atomic E-state index is 14.1. The fourth-order valence-corrected chi connectivity index (χ4v) is 9.14. The standard InChI is InChI=1S/C38H46N2O5/c1-23(2)21-40(33(42)14-11-27-8-7-24(3)25(4)19-27)30-15-16-38(45-26(5)41)32-20-29-12-13-31(43-6)35-34(29)37(38,36(30)44-35)17-18-39(32)22-28-9-10-28/h7-8,12-13,19,23,28,30,32,36H,9-10,15-18,20-22H2,1-6H3/t30-,32-,36+,37+,38-/m1/s1. The molecule has 3 fully saturated rings. The van der Waals surface area contributed by atoms with E-state index in [0.29, 0.717) is 25.1 Å². The topological polar surface area (TPSA) is 68.3 Å². The van der Waals surface area contributed by atoms with Crippen molar-refractivity contribution >= 4 is 11.9 Å². The lowest BCUT2D eigenvalue weighted by molar-refractivity contribution is -0.224. The molecular weight excluding hydrogens is 564 g/mol. The first-order valence-electron chi connectivity index (χ1n) is 16.8. The smallest absolute Gasteiger partial charge is 0.303 e. The molecule has 2 saturated carbocycles. The van der Waals surface area contributed by atoms with E-state index in [1.54, 1.807) is 14.0 Å². The summed E-state index contributed by atoms with van der Waals surface area (Å²) in [7, 11) is 1.68. The van der Waals surface area contributed by atoms with Gasteiger partial charge >= 0.3 is 5.97 Å². The van der Waals surface area contributed by atoms with Crippen molar-refractivity contribution in [1.82, 2.24) is 9.80 Å². The number of esters is 1. The molecule has 1 saturated heterocycles. The van der Waals surface area contributed by atoms with Crippen molar-refractivity contribution in [3.05, 3.63) is 58.1 Å². The molecule has 2 heterocycles. The van der Waals surface area contributed by atoms with Crippen LogP contribution in [-0.2, 0) is 26.2 Å². The van der Waals surface area contributed by atoms with Gasteiger partial charge in [0.1, 0.15) is 11.7 Å². The number of piperidine rings is 1. The molecule has 7 rings (SSSR count). The van der Waals surface area contributed by atoms with Gasteiger partial charge in [-0.25, -0.2) is 0 Å². The molecule has 0 aromatic heterocycles. The molecule has 2 aromatic carbocycles. The number of carbonyl (C=O) groups is 2. The van der Waals surface area contributed by atoms with Gasteiger partial charge < -0.3 is 19.1 Å². The van der Waals surface area contributed by atoms with Gasteiger partial charge in [0.2, 0.25) is 0 Å². The van der Waals surface area contributed by atoms with Gasteiger partial charge in [-0.3, -0.25) is 14.5 Å². The minimum Gasteiger partial charge on any atom is -0.493 e. The zero-order valence-electron chi connectivity index (χ0n) is 27.6. The summed E-state index contributed by atoms with van der Waals surface area (Å²) in [4.78, 5) is 31.7. The Hall–Kier alpha value is -3.50. The number of hydrogen-bond acceptors (Lipinski definition) is 6. The molecule has 7 heteroatoms. The number of ether oxygens (including phenoxy) is 3. The van der Waals surface area contributed by atoms with Gasteiger partial charge in [-0.1, -0.05) is 31.9 Å². The molecule has 238 valence electrons. The lowest BCUT2D eigenvalue weighted by Gasteiger charge is -2.65. The third-order valence-electron chi connectivity index (χ3n) is 11.3. The van der Waals surface area contributed by atoms with E-state index < -0.39 is 11.0 Å². The molecule has 7 nitrogen and oxygen atoms in total. The average molecular weight is 611 g/mol. The Morgan fingerprint density at radius 2 is 1.91 bits per heavy atom. The monoisotopic (exact) mass is 610 g/mol. The van der Waals surface area contributed by atoms with Gasteiger partial charge in [0, 0.05) is 37.1 Å². The summed E-state index contributed by atoms with van der Waals surface area (Å²) in [6.07, 6.45) is 5.12. The molecule has 1 spiro atoms. The molecule has 45 heavy (non-hydrogen) atoms. The van der Waals surface area contributed by atoms with Gasteiger partial charge in [-0.15, -0.1) is 0 Å². The Labute approximate surface area is 267 Å². The maximum Gasteiger partial charge on any atom is 0.303 e. The van der Waals surface area contributed by atoms with E-state index in [4.69, 9.17) is 14.2 Å². The molecular formula is C38H46N2O5. The number of amides is 1. The fraction of sp³-hybridized carbons (Fsp3) is 0.579. The third-order valence-corrected chi connectivity index (χ3v) is 11.3. The fourth-order valence-electron chi connectivity index (χ4n) is 9.14. The van der Waals surface area contributed by atoms with Crippen molar-refractivity contribution in [3.8, 4) is 23.3 Å². The first-order valence-corrected chi connectivity index (χ1v) is 16.8. The predicted molar refractivity (Wildman–Crippen MR) is 172 cm³/mol. The summed E-state index contributed by atoms with van der Waals surface area (Å²) in [5.74, 6) is 8.14. The van der Waals surface area contributed by atoms with Gasteiger partial charge in [0.15, 0.2) is 11.5 Å². The van der Waals surface area contributed by atoms with E-state index in [1.165, 1.54) is 24.0 Å². The highest BCUT2D eigenvalue weighted by atomic mass is 16.6. The number of carbonyl (C=O) groups excluding carboxylic acids is 2. The Morgan fingerprint density at radius 3 is 2.60 bits per heavy atom. The highest BCUT2D eigenvalue weighted by Crippen LogP contribution is 2.67. The number of nitrogens with zero attached hydrogens (tertiary/aromatic N) is 2. The summed E-state index contributed by atoms with van der Waals surface area (Å²) < 4.78 is 19.6. The molecule has 0 N–H and O–H groups in total. The lowest BCUT2D eigenvalue weighted by atomic mass is 9.48. The van der Waals surface area contributed by atoms with E-state index >= 15 is 0 Å². The van der Waals surface area contributed by atoms with Crippen LogP contribution in [0.15, 0.2) is 30.3 Å². The summed E-state index contributed by atoms with van der Waals surface area (Å²) in [5, 5.41) is 0. The second kappa shape index (κ2) is 11.1. The van der Waals surface area contributed by atoms with Crippen molar-refractivity contribution in [1.29, 1.82) is 0 Å². The minimum atomic E-state index is -0.741. The van der Waals surface area contributed by atoms with E-state index in [1.807, 2.05) is 29.2 Å². The van der Waals surface area contributed by atoms with Crippen LogP contribution in [0.5, 0.6) is 11.5 Å². The van der Waals surface area contributed by atoms with Crippen LogP contribution in [0.2, 0.25) is 0 Å². The Balaban J connectivity index is 1.34. The van der Waals surface area contributed by atoms with Crippen LogP contribution in [0.3, 0.4) is 0 Å². The number of hydrogen-bond donors (Lipinski definition) is 0. The summed E-state index contributed by atoms with van der Waals surface area (Å²) in [5.41, 5.74) is 4.26. The van der Waals surface area contributed by atoms with Crippen LogP contribution in [0, 0.1) is 37.5 Å². The van der Waals surface area contributed by atoms with Crippen molar-refractivity contribution < 1.29 is 23.8 Å². The lowest BCUT2D eigenvalue weighted by Crippen LogP contribution is -2.79. The average Bonchev–Trinajstić information content (AvgIpc) is 3.75. The van der Waals surface area contributed by atoms with Crippen LogP contribution < -0.4 is 9.47 Å². The van der Waals surface area contributed by atoms with E-state index in [0.717, 1.165) is 54.3 Å². The van der Waals surface area contributed by atoms with Gasteiger partial charge in [0.05, 0.1) is 24.6 Å². The largest absolute Gasteiger partial charge is 0.493 e. The van der Waals surface area contributed by atoms with E-state index in [-0.39, 0.29) is 36.0 Å². The van der Waals surface area contributed by atoms with Gasteiger partial charge in [0.25, 0.3) is 5.91 Å². The van der Waals surface area contributed by atoms with E-state index in [9.17, 15) is 9.59 Å². The molecule has 5 atom stereocenters. The van der Waals surface area contributed by atoms with Crippen molar-refractivity contribution in [3.63, 3.8) is 0 Å². The molecule has 1 amide bonds. The van der Waals surface area contributed by atoms with Crippen LogP contribution in [0.4, 0.5) is 0 Å². The minimum absolute atomic E-state index is 0.0634. The molecule has 2 bridgehead atoms. The number of likely N-dealkylation sites (tertiary alicyclic amines) is 1. The van der Waals surface area contributed by atoms with Crippen molar-refractivity contribution in [2.24, 2.45) is 11.8 Å². The van der Waals surface area contributed by atoms with Crippen LogP contribution in [0.1, 0.15) is 80.7 Å². The third kappa shape index (κ3) is 4.74. The highest BCUT2D eigenvalue weighted by Gasteiger charge is 2.76. The highest BCUT2D eigenvalue weighted by molar-refractivity contribution is 5.94. The molecule has 2 aliphatic heterocycles. The summed E-state index contributed by atoms with van der Waals surface area (Å²) in [6.45, 7) is 12.5. The number of benzene rings is 2. The predicted octanol–water partition coefficient (Wildman–Crippen LogP) is 5.35. The second-order valence-corrected chi connectivity index (χ2v) is 14.5. The molecule has 0 radical (unpaired) electrons. The van der Waals surface area contributed by atoms with Crippen molar-refractivity contribution in [2.45, 2.75) is 102 Å². The zero-order chi connectivity index (χ0) is 31.7. The summed E-state index contributed by atoms with van der Waals surface area (Å²) in [6, 6.07) is 10.1. The van der Waals surface area contributed by atoms with Crippen LogP contribution in [0.25, 0.3) is 0 Å². The number of methoxy groups -OCH3 is 1. The van der Waals surface area contributed by atoms with Crippen LogP contribution >= 0.6 is 0 Å². The van der Waals surface area contributed by atoms with Gasteiger partial charge in [-0.05, 0) is 106 Å². The van der Waals surface area contributed by atoms with Gasteiger partial charge in [-0.2, -0.15) is 0 Å². The van der Waals surface area contributed by atoms with E-state index in [2.05, 4.69) is 50.5 Å².